The lowest BCUT2D eigenvalue weighted by Crippen LogP contribution is -2.14. The molecule has 0 radical (unpaired) electrons. The van der Waals surface area contributed by atoms with Crippen LogP contribution in [0, 0.1) is 0 Å². The lowest BCUT2D eigenvalue weighted by molar-refractivity contribution is -0.136. The maximum Gasteiger partial charge on any atom is 0.304 e. The van der Waals surface area contributed by atoms with Gasteiger partial charge in [-0.15, -0.1) is 0 Å². The molecule has 0 aliphatic carbocycles. The van der Waals surface area contributed by atoms with Crippen molar-refractivity contribution in [3.05, 3.63) is 59.2 Å². The first-order valence-electron chi connectivity index (χ1n) is 8.53. The van der Waals surface area contributed by atoms with Gasteiger partial charge in [-0.25, -0.2) is 0 Å². The normalized spacial score (nSPS) is 12.3. The summed E-state index contributed by atoms with van der Waals surface area (Å²) in [6.07, 6.45) is 1.38. The molecule has 1 aliphatic rings. The molecule has 1 heterocycles. The first-order valence-corrected chi connectivity index (χ1v) is 9.68. The van der Waals surface area contributed by atoms with Crippen LogP contribution in [0.25, 0.3) is 0 Å². The van der Waals surface area contributed by atoms with Gasteiger partial charge in [-0.1, -0.05) is 24.3 Å². The Kier molecular flexibility index (Phi) is 6.17. The molecule has 0 unspecified atom stereocenters. The molecule has 0 saturated carbocycles. The number of amides is 1. The van der Waals surface area contributed by atoms with Crippen molar-refractivity contribution in [1.29, 1.82) is 0 Å². The zero-order valence-corrected chi connectivity index (χ0v) is 15.2. The van der Waals surface area contributed by atoms with Gasteiger partial charge in [0.15, 0.2) is 0 Å². The van der Waals surface area contributed by atoms with Crippen LogP contribution in [0.1, 0.15) is 23.1 Å². The summed E-state index contributed by atoms with van der Waals surface area (Å²) in [4.78, 5) is 22.8. The van der Waals surface area contributed by atoms with E-state index < -0.39 is 5.97 Å². The Balaban J connectivity index is 1.52. The smallest absolute Gasteiger partial charge is 0.304 e. The summed E-state index contributed by atoms with van der Waals surface area (Å²) in [6.45, 7) is 0.711. The first kappa shape index (κ1) is 18.3. The number of rotatable bonds is 8. The number of carbonyl (C=O) groups is 2. The fourth-order valence-corrected chi connectivity index (χ4v) is 3.71. The van der Waals surface area contributed by atoms with Crippen molar-refractivity contribution in [2.75, 3.05) is 17.7 Å². The molecular weight excluding hydrogens is 350 g/mol. The first-order chi connectivity index (χ1) is 12.6. The molecule has 136 valence electrons. The number of carboxylic acid groups (broad SMARTS) is 1. The van der Waals surface area contributed by atoms with Gasteiger partial charge in [-0.05, 0) is 34.9 Å². The van der Waals surface area contributed by atoms with Gasteiger partial charge in [0.05, 0.1) is 19.4 Å². The largest absolute Gasteiger partial charge is 0.493 e. The summed E-state index contributed by atoms with van der Waals surface area (Å²) in [7, 11) is 0. The molecular formula is C20H21NO4S. The molecule has 2 aromatic rings. The Bertz CT molecular complexity index is 806. The van der Waals surface area contributed by atoms with E-state index in [2.05, 4.69) is 5.32 Å². The van der Waals surface area contributed by atoms with Crippen LogP contribution in [0.5, 0.6) is 5.75 Å². The molecule has 6 heteroatoms. The monoisotopic (exact) mass is 371 g/mol. The molecule has 1 aliphatic heterocycles. The summed E-state index contributed by atoms with van der Waals surface area (Å²) in [5, 5.41) is 11.6. The van der Waals surface area contributed by atoms with E-state index in [0.717, 1.165) is 40.3 Å². The summed E-state index contributed by atoms with van der Waals surface area (Å²) < 4.78 is 5.49. The van der Waals surface area contributed by atoms with Gasteiger partial charge in [0.1, 0.15) is 5.75 Å². The van der Waals surface area contributed by atoms with Gasteiger partial charge in [-0.3, -0.25) is 9.59 Å². The third-order valence-corrected chi connectivity index (χ3v) is 5.09. The molecule has 0 saturated heterocycles. The molecule has 5 nitrogen and oxygen atoms in total. The molecule has 3 rings (SSSR count). The van der Waals surface area contributed by atoms with Crippen LogP contribution in [0.4, 0.5) is 5.69 Å². The Morgan fingerprint density at radius 3 is 2.88 bits per heavy atom. The van der Waals surface area contributed by atoms with Crippen LogP contribution < -0.4 is 10.1 Å². The van der Waals surface area contributed by atoms with Gasteiger partial charge in [0.25, 0.3) is 0 Å². The number of anilines is 1. The van der Waals surface area contributed by atoms with Crippen molar-refractivity contribution in [2.45, 2.75) is 25.0 Å². The van der Waals surface area contributed by atoms with Gasteiger partial charge >= 0.3 is 5.97 Å². The van der Waals surface area contributed by atoms with Crippen LogP contribution in [-0.2, 0) is 28.2 Å². The van der Waals surface area contributed by atoms with Crippen molar-refractivity contribution in [2.24, 2.45) is 0 Å². The number of carbonyl (C=O) groups excluding carboxylic acids is 1. The number of aliphatic carboxylic acids is 1. The van der Waals surface area contributed by atoms with E-state index in [1.807, 2.05) is 42.5 Å². The number of carboxylic acids is 1. The maximum absolute atomic E-state index is 12.3. The van der Waals surface area contributed by atoms with Crippen molar-refractivity contribution in [3.8, 4) is 5.75 Å². The number of hydrogen-bond donors (Lipinski definition) is 2. The minimum absolute atomic E-state index is 0.0560. The third-order valence-electron chi connectivity index (χ3n) is 4.06. The van der Waals surface area contributed by atoms with Crippen LogP contribution in [0.15, 0.2) is 42.5 Å². The lowest BCUT2D eigenvalue weighted by Gasteiger charge is -2.08. The summed E-state index contributed by atoms with van der Waals surface area (Å²) >= 11 is 1.57. The van der Waals surface area contributed by atoms with E-state index in [9.17, 15) is 9.59 Å². The van der Waals surface area contributed by atoms with E-state index in [1.54, 1.807) is 11.8 Å². The fourth-order valence-electron chi connectivity index (χ4n) is 2.83. The van der Waals surface area contributed by atoms with Crippen molar-refractivity contribution in [3.63, 3.8) is 0 Å². The second kappa shape index (κ2) is 8.76. The van der Waals surface area contributed by atoms with E-state index >= 15 is 0 Å². The second-order valence-corrected chi connectivity index (χ2v) is 7.27. The minimum atomic E-state index is -0.781. The molecule has 0 atom stereocenters. The second-order valence-electron chi connectivity index (χ2n) is 6.16. The standard InChI is InChI=1S/C20H21NO4S/c22-19(12-14-4-5-18-16(10-14)6-8-25-18)21-17-3-1-2-15(11-17)13-26-9-7-20(23)24/h1-5,10-11H,6-9,12-13H2,(H,21,22)(H,23,24). The number of nitrogens with one attached hydrogen (secondary N) is 1. The van der Waals surface area contributed by atoms with Crippen molar-refractivity contribution in [1.82, 2.24) is 0 Å². The Hall–Kier alpha value is -2.47. The average molecular weight is 371 g/mol. The highest BCUT2D eigenvalue weighted by atomic mass is 32.2. The maximum atomic E-state index is 12.3. The molecule has 1 amide bonds. The molecule has 2 N–H and O–H groups in total. The number of benzene rings is 2. The van der Waals surface area contributed by atoms with Crippen LogP contribution in [0.3, 0.4) is 0 Å². The topological polar surface area (TPSA) is 75.6 Å². The number of ether oxygens (including phenoxy) is 1. The predicted octanol–water partition coefficient (Wildman–Crippen LogP) is 3.51. The SMILES string of the molecule is O=C(O)CCSCc1cccc(NC(=O)Cc2ccc3c(c2)CCO3)c1. The zero-order valence-electron chi connectivity index (χ0n) is 14.4. The predicted molar refractivity (Wildman–Crippen MR) is 103 cm³/mol. The van der Waals surface area contributed by atoms with Gasteiger partial charge < -0.3 is 15.2 Å². The van der Waals surface area contributed by atoms with E-state index in [-0.39, 0.29) is 12.3 Å². The van der Waals surface area contributed by atoms with Crippen molar-refractivity contribution < 1.29 is 19.4 Å². The highest BCUT2D eigenvalue weighted by Gasteiger charge is 2.13. The van der Waals surface area contributed by atoms with E-state index in [1.165, 1.54) is 0 Å². The fraction of sp³-hybridized carbons (Fsp3) is 0.300. The summed E-state index contributed by atoms with van der Waals surface area (Å²) in [5.41, 5.74) is 3.96. The van der Waals surface area contributed by atoms with E-state index in [4.69, 9.17) is 9.84 Å². The molecule has 26 heavy (non-hydrogen) atoms. The average Bonchev–Trinajstić information content (AvgIpc) is 3.06. The number of fused-ring (bicyclic) bond motifs is 1. The number of thioether (sulfide) groups is 1. The van der Waals surface area contributed by atoms with Gasteiger partial charge in [-0.2, -0.15) is 11.8 Å². The van der Waals surface area contributed by atoms with Crippen molar-refractivity contribution >= 4 is 29.3 Å². The Labute approximate surface area is 156 Å². The molecule has 0 aromatic heterocycles. The third kappa shape index (κ3) is 5.26. The van der Waals surface area contributed by atoms with Gasteiger partial charge in [0.2, 0.25) is 5.91 Å². The zero-order chi connectivity index (χ0) is 18.4. The van der Waals surface area contributed by atoms with Crippen LogP contribution in [0.2, 0.25) is 0 Å². The molecule has 0 fully saturated rings. The molecule has 2 aromatic carbocycles. The minimum Gasteiger partial charge on any atom is -0.493 e. The number of hydrogen-bond acceptors (Lipinski definition) is 4. The van der Waals surface area contributed by atoms with Gasteiger partial charge in [0, 0.05) is 23.6 Å². The highest BCUT2D eigenvalue weighted by molar-refractivity contribution is 7.98. The Morgan fingerprint density at radius 1 is 1.15 bits per heavy atom. The van der Waals surface area contributed by atoms with E-state index in [0.29, 0.717) is 18.8 Å². The van der Waals surface area contributed by atoms with Crippen LogP contribution in [-0.4, -0.2) is 29.3 Å². The quantitative estimate of drug-likeness (QED) is 0.695. The summed E-state index contributed by atoms with van der Waals surface area (Å²) in [6, 6.07) is 13.6. The van der Waals surface area contributed by atoms with Crippen LogP contribution >= 0.6 is 11.8 Å². The molecule has 0 spiro atoms. The summed E-state index contributed by atoms with van der Waals surface area (Å²) in [5.74, 6) is 1.38. The lowest BCUT2D eigenvalue weighted by atomic mass is 10.1. The highest BCUT2D eigenvalue weighted by Crippen LogP contribution is 2.26. The molecule has 0 bridgehead atoms. The Morgan fingerprint density at radius 2 is 2.04 bits per heavy atom.